The Bertz CT molecular complexity index is 1830. The van der Waals surface area contributed by atoms with Crippen LogP contribution in [0, 0.1) is 11.8 Å². The number of nitrogens with zero attached hydrogens (tertiary/aromatic N) is 2. The Morgan fingerprint density at radius 2 is 1.74 bits per heavy atom. The third kappa shape index (κ3) is 7.60. The number of alkyl halides is 1. The van der Waals surface area contributed by atoms with E-state index in [1.807, 2.05) is 48.5 Å². The lowest BCUT2D eigenvalue weighted by Gasteiger charge is -2.39. The lowest BCUT2D eigenvalue weighted by atomic mass is 9.70. The number of allylic oxidation sites excluding steroid dienone is 1. The molecule has 6 rings (SSSR count). The fourth-order valence-corrected chi connectivity index (χ4v) is 9.09. The number of methoxy groups -OCH3 is 1. The number of anilines is 1. The number of carbonyl (C=O) groups is 4. The third-order valence-electron chi connectivity index (χ3n) is 10.6. The van der Waals surface area contributed by atoms with Gasteiger partial charge in [0.15, 0.2) is 0 Å². The number of ether oxygens (including phenoxy) is 3. The third-order valence-corrected chi connectivity index (χ3v) is 11.4. The summed E-state index contributed by atoms with van der Waals surface area (Å²) in [4.78, 5) is 59.8. The van der Waals surface area contributed by atoms with E-state index in [2.05, 4.69) is 34.4 Å². The van der Waals surface area contributed by atoms with Crippen molar-refractivity contribution in [1.29, 1.82) is 0 Å². The van der Waals surface area contributed by atoms with Crippen LogP contribution < -0.4 is 15.0 Å². The highest BCUT2D eigenvalue weighted by atomic mass is 79.9. The number of amides is 3. The molecule has 1 unspecified atom stereocenters. The first-order chi connectivity index (χ1) is 26.2. The van der Waals surface area contributed by atoms with Crippen molar-refractivity contribution in [2.75, 3.05) is 31.7 Å². The average Bonchev–Trinajstić information content (AvgIpc) is 3.80. The summed E-state index contributed by atoms with van der Waals surface area (Å²) in [6.07, 6.45) is 2.88. The lowest BCUT2D eigenvalue weighted by molar-refractivity contribution is -0.160. The molecule has 0 saturated carbocycles. The van der Waals surface area contributed by atoms with Crippen LogP contribution >= 0.6 is 15.9 Å². The molecular weight excluding hydrogens is 754 g/mol. The molecule has 2 bridgehead atoms. The Kier molecular flexibility index (Phi) is 12.4. The van der Waals surface area contributed by atoms with Gasteiger partial charge in [-0.25, -0.2) is 0 Å². The minimum atomic E-state index is -1.42. The van der Waals surface area contributed by atoms with Gasteiger partial charge in [-0.1, -0.05) is 88.7 Å². The predicted octanol–water partition coefficient (Wildman–Crippen LogP) is 4.93. The van der Waals surface area contributed by atoms with E-state index < -0.39 is 70.9 Å². The van der Waals surface area contributed by atoms with Gasteiger partial charge in [0.1, 0.15) is 23.5 Å². The Morgan fingerprint density at radius 1 is 1.06 bits per heavy atom. The second-order valence-corrected chi connectivity index (χ2v) is 15.0. The first-order valence-electron chi connectivity index (χ1n) is 18.2. The minimum absolute atomic E-state index is 0.0146. The number of nitrogens with one attached hydrogen (secondary N) is 1. The van der Waals surface area contributed by atoms with E-state index in [-0.39, 0.29) is 38.3 Å². The topological polar surface area (TPSA) is 135 Å². The van der Waals surface area contributed by atoms with Crippen LogP contribution in [0.1, 0.15) is 36.5 Å². The van der Waals surface area contributed by atoms with Crippen LogP contribution in [0.25, 0.3) is 0 Å². The highest BCUT2D eigenvalue weighted by molar-refractivity contribution is 9.09. The van der Waals surface area contributed by atoms with Crippen molar-refractivity contribution in [2.45, 2.75) is 60.4 Å². The standard InChI is InChI=1S/C42H46BrN3O8/c1-4-6-17-34(48)44-25-33(28-15-11-8-12-16-28)53-41(51)35-36-39(49)46(30(26-47)23-27-13-9-7-10-14-27)38(42(36)24-32(43)37(35)54-42)40(50)45(22-5-2)29-18-20-31(52-3)21-19-29/h4-5,7-16,18-21,30,32-33,35-38,47H,1-2,6,17,22-26H2,3H3,(H,44,48)/t30-,32?,33-,35-,36+,37-,38-,42+/m1/s1. The van der Waals surface area contributed by atoms with Crippen LogP contribution in [0.15, 0.2) is 110 Å². The molecule has 3 amide bonds. The Morgan fingerprint density at radius 3 is 2.37 bits per heavy atom. The van der Waals surface area contributed by atoms with E-state index in [0.29, 0.717) is 23.4 Å². The predicted molar refractivity (Wildman–Crippen MR) is 207 cm³/mol. The zero-order chi connectivity index (χ0) is 38.4. The van der Waals surface area contributed by atoms with Crippen molar-refractivity contribution in [3.63, 3.8) is 0 Å². The number of hydrogen-bond acceptors (Lipinski definition) is 8. The minimum Gasteiger partial charge on any atom is -0.497 e. The van der Waals surface area contributed by atoms with Gasteiger partial charge in [-0.15, -0.1) is 13.2 Å². The Balaban J connectivity index is 1.38. The van der Waals surface area contributed by atoms with E-state index in [0.717, 1.165) is 5.56 Å². The Labute approximate surface area is 324 Å². The van der Waals surface area contributed by atoms with Crippen LogP contribution in [-0.4, -0.2) is 89.1 Å². The fourth-order valence-electron chi connectivity index (χ4n) is 8.15. The maximum atomic E-state index is 15.1. The monoisotopic (exact) mass is 799 g/mol. The number of rotatable bonds is 17. The van der Waals surface area contributed by atoms with Gasteiger partial charge in [0.05, 0.1) is 44.2 Å². The molecule has 8 atom stereocenters. The Hall–Kier alpha value is -4.78. The molecular formula is C42H46BrN3O8. The number of hydrogen-bond donors (Lipinski definition) is 2. The molecule has 3 saturated heterocycles. The van der Waals surface area contributed by atoms with E-state index in [9.17, 15) is 14.7 Å². The summed E-state index contributed by atoms with van der Waals surface area (Å²) in [6, 6.07) is 23.5. The van der Waals surface area contributed by atoms with Crippen LogP contribution in [0.4, 0.5) is 5.69 Å². The van der Waals surface area contributed by atoms with E-state index in [1.54, 1.807) is 55.7 Å². The molecule has 2 N–H and O–H groups in total. The summed E-state index contributed by atoms with van der Waals surface area (Å²) < 4.78 is 18.3. The van der Waals surface area contributed by atoms with Crippen molar-refractivity contribution < 1.29 is 38.5 Å². The number of carbonyl (C=O) groups excluding carboxylic acids is 4. The average molecular weight is 801 g/mol. The number of fused-ring (bicyclic) bond motifs is 1. The lowest BCUT2D eigenvalue weighted by Crippen LogP contribution is -2.59. The highest BCUT2D eigenvalue weighted by Crippen LogP contribution is 2.61. The summed E-state index contributed by atoms with van der Waals surface area (Å²) in [7, 11) is 1.55. The van der Waals surface area contributed by atoms with Gasteiger partial charge in [0.25, 0.3) is 5.91 Å². The molecule has 3 heterocycles. The number of esters is 1. The molecule has 11 nitrogen and oxygen atoms in total. The van der Waals surface area contributed by atoms with Crippen LogP contribution in [-0.2, 0) is 35.1 Å². The second kappa shape index (κ2) is 17.1. The quantitative estimate of drug-likeness (QED) is 0.112. The van der Waals surface area contributed by atoms with Gasteiger partial charge in [-0.05, 0) is 54.7 Å². The molecule has 0 aliphatic carbocycles. The molecule has 0 radical (unpaired) electrons. The molecule has 1 spiro atoms. The maximum absolute atomic E-state index is 15.1. The van der Waals surface area contributed by atoms with Gasteiger partial charge in [0.2, 0.25) is 11.8 Å². The van der Waals surface area contributed by atoms with Crippen molar-refractivity contribution in [1.82, 2.24) is 10.2 Å². The van der Waals surface area contributed by atoms with Crippen molar-refractivity contribution in [3.05, 3.63) is 121 Å². The molecule has 3 fully saturated rings. The van der Waals surface area contributed by atoms with E-state index in [1.165, 1.54) is 9.80 Å². The summed E-state index contributed by atoms with van der Waals surface area (Å²) in [5.41, 5.74) is 0.660. The summed E-state index contributed by atoms with van der Waals surface area (Å²) in [6.45, 7) is 7.27. The van der Waals surface area contributed by atoms with E-state index >= 15 is 9.59 Å². The van der Waals surface area contributed by atoms with Gasteiger partial charge in [-0.2, -0.15) is 0 Å². The molecule has 12 heteroatoms. The van der Waals surface area contributed by atoms with Gasteiger partial charge in [-0.3, -0.25) is 19.2 Å². The largest absolute Gasteiger partial charge is 0.497 e. The van der Waals surface area contributed by atoms with Crippen molar-refractivity contribution >= 4 is 45.3 Å². The van der Waals surface area contributed by atoms with Crippen LogP contribution in [0.2, 0.25) is 0 Å². The van der Waals surface area contributed by atoms with E-state index in [4.69, 9.17) is 14.2 Å². The molecule has 284 valence electrons. The zero-order valence-electron chi connectivity index (χ0n) is 30.2. The number of aliphatic hydroxyl groups excluding tert-OH is 1. The maximum Gasteiger partial charge on any atom is 0.313 e. The van der Waals surface area contributed by atoms with Gasteiger partial charge in [0, 0.05) is 23.5 Å². The number of benzene rings is 3. The zero-order valence-corrected chi connectivity index (χ0v) is 31.8. The first kappa shape index (κ1) is 38.9. The van der Waals surface area contributed by atoms with Crippen molar-refractivity contribution in [2.24, 2.45) is 11.8 Å². The summed E-state index contributed by atoms with van der Waals surface area (Å²) in [5, 5.41) is 13.8. The fraction of sp³-hybridized carbons (Fsp3) is 0.381. The van der Waals surface area contributed by atoms with Crippen LogP contribution in [0.3, 0.4) is 0 Å². The molecule has 3 aromatic rings. The number of halogens is 1. The molecule has 3 aliphatic heterocycles. The molecule has 54 heavy (non-hydrogen) atoms. The SMILES string of the molecule is C=CCCC(=O)NC[C@@H](OC(=O)[C@H]1[C@@H]2O[C@@]3(CC2Br)[C@@H]1C(=O)N([C@@H](CO)Cc1ccccc1)[C@@H]3C(=O)N(CC=C)c1ccc(OC)cc1)c1ccccc1. The second-order valence-electron chi connectivity index (χ2n) is 13.8. The molecule has 3 aromatic carbocycles. The van der Waals surface area contributed by atoms with Gasteiger partial charge >= 0.3 is 5.97 Å². The normalized spacial score (nSPS) is 25.0. The summed E-state index contributed by atoms with van der Waals surface area (Å²) >= 11 is 3.74. The first-order valence-corrected chi connectivity index (χ1v) is 19.1. The van der Waals surface area contributed by atoms with Crippen molar-refractivity contribution in [3.8, 4) is 5.75 Å². The number of likely N-dealkylation sites (tertiary alicyclic amines) is 1. The highest BCUT2D eigenvalue weighted by Gasteiger charge is 2.77. The number of aliphatic hydroxyl groups is 1. The van der Waals surface area contributed by atoms with Crippen LogP contribution in [0.5, 0.6) is 5.75 Å². The van der Waals surface area contributed by atoms with Gasteiger partial charge < -0.3 is 34.4 Å². The molecule has 0 aromatic heterocycles. The summed E-state index contributed by atoms with van der Waals surface area (Å²) in [5.74, 6) is -3.34. The molecule has 3 aliphatic rings. The smallest absolute Gasteiger partial charge is 0.313 e.